The summed E-state index contributed by atoms with van der Waals surface area (Å²) in [5.74, 6) is -0.215. The molecule has 0 bridgehead atoms. The van der Waals surface area contributed by atoms with Crippen molar-refractivity contribution < 1.29 is 40.6 Å². The van der Waals surface area contributed by atoms with Gasteiger partial charge in [0.1, 0.15) is 0 Å². The number of carbonyl (C=O) groups excluding carboxylic acids is 5. The Labute approximate surface area is 358 Å². The van der Waals surface area contributed by atoms with E-state index in [1.807, 2.05) is 41.5 Å². The Bertz CT molecular complexity index is 865. The van der Waals surface area contributed by atoms with E-state index in [4.69, 9.17) is 9.47 Å². The van der Waals surface area contributed by atoms with Crippen LogP contribution in [0.4, 0.5) is 0 Å². The van der Waals surface area contributed by atoms with Crippen molar-refractivity contribution in [3.63, 3.8) is 0 Å². The van der Waals surface area contributed by atoms with Crippen LogP contribution in [0.1, 0.15) is 211 Å². The van der Waals surface area contributed by atoms with E-state index in [9.17, 15) is 24.0 Å². The van der Waals surface area contributed by atoms with Gasteiger partial charge in [0, 0.05) is 65.4 Å². The van der Waals surface area contributed by atoms with E-state index in [1.165, 1.54) is 38.5 Å². The van der Waals surface area contributed by atoms with Crippen molar-refractivity contribution in [3.8, 4) is 0 Å². The van der Waals surface area contributed by atoms with Gasteiger partial charge in [-0.25, -0.2) is 0 Å². The van der Waals surface area contributed by atoms with E-state index in [1.54, 1.807) is 0 Å². The molecule has 12 nitrogen and oxygen atoms in total. The standard InChI is InChI=1S/C39H75N5O7.3C2H6.5H2/c1-4-7-10-11-12-13-14-15-18-23-39(49)44-34(32-50-30-24-37(47)42-28-19-26-40-35(45)21-16-8-5-2)33-51-31-25-38(48)43-29-20-27-41-36(46)22-17-9-6-3;3*1-2;;;;;/h34H,4-33H2,1-3H3,(H,40,45)(H,41,46)(H,42,47)(H,43,48)(H,44,49);3*1-2H3;5*1H. The number of hydrogen-bond donors (Lipinski definition) is 5. The molecular formula is C45H103N5O7. The summed E-state index contributed by atoms with van der Waals surface area (Å²) in [5, 5.41) is 14.5. The molecule has 0 spiro atoms. The molecule has 0 fully saturated rings. The minimum Gasteiger partial charge on any atom is -0.379 e. The molecule has 0 saturated heterocycles. The average Bonchev–Trinajstić information content (AvgIpc) is 3.22. The number of ether oxygens (including phenoxy) is 2. The van der Waals surface area contributed by atoms with Crippen LogP contribution in [0.3, 0.4) is 0 Å². The van der Waals surface area contributed by atoms with Gasteiger partial charge in [-0.05, 0) is 32.1 Å². The lowest BCUT2D eigenvalue weighted by Crippen LogP contribution is -2.42. The summed E-state index contributed by atoms with van der Waals surface area (Å²) in [5.41, 5.74) is 0. The maximum atomic E-state index is 12.7. The molecule has 350 valence electrons. The molecule has 0 aliphatic heterocycles. The third kappa shape index (κ3) is 51.3. The molecule has 0 aliphatic carbocycles. The zero-order valence-corrected chi connectivity index (χ0v) is 38.6. The summed E-state index contributed by atoms with van der Waals surface area (Å²) in [7, 11) is 0. The van der Waals surface area contributed by atoms with Gasteiger partial charge in [0.05, 0.1) is 32.5 Å². The first-order valence-corrected chi connectivity index (χ1v) is 23.3. The quantitative estimate of drug-likeness (QED) is 0.0389. The summed E-state index contributed by atoms with van der Waals surface area (Å²) in [6.07, 6.45) is 19.9. The van der Waals surface area contributed by atoms with Crippen LogP contribution in [0.25, 0.3) is 0 Å². The highest BCUT2D eigenvalue weighted by molar-refractivity contribution is 5.77. The molecule has 5 N–H and O–H groups in total. The van der Waals surface area contributed by atoms with E-state index in [0.717, 1.165) is 57.8 Å². The number of hydrogen-bond acceptors (Lipinski definition) is 7. The van der Waals surface area contributed by atoms with Crippen molar-refractivity contribution in [1.29, 1.82) is 0 Å². The molecule has 0 rings (SSSR count). The van der Waals surface area contributed by atoms with Crippen molar-refractivity contribution in [2.24, 2.45) is 0 Å². The van der Waals surface area contributed by atoms with Crippen LogP contribution in [0.5, 0.6) is 0 Å². The van der Waals surface area contributed by atoms with E-state index in [0.29, 0.717) is 58.3 Å². The molecule has 0 radical (unpaired) electrons. The van der Waals surface area contributed by atoms with Gasteiger partial charge in [0.2, 0.25) is 29.5 Å². The Hall–Kier alpha value is -2.73. The second-order valence-electron chi connectivity index (χ2n) is 13.5. The summed E-state index contributed by atoms with van der Waals surface area (Å²) in [6, 6.07) is -0.399. The zero-order chi connectivity index (χ0) is 43.6. The van der Waals surface area contributed by atoms with Gasteiger partial charge in [-0.1, -0.05) is 139 Å². The highest BCUT2D eigenvalue weighted by Crippen LogP contribution is 2.10. The number of rotatable bonds is 37. The molecule has 0 saturated carbocycles. The van der Waals surface area contributed by atoms with Crippen molar-refractivity contribution in [2.45, 2.75) is 210 Å². The Kier molecular flexibility index (Phi) is 57.0. The van der Waals surface area contributed by atoms with Crippen molar-refractivity contribution in [3.05, 3.63) is 0 Å². The second kappa shape index (κ2) is 53.3. The fraction of sp³-hybridized carbons (Fsp3) is 0.889. The molecule has 0 unspecified atom stereocenters. The number of unbranched alkanes of at least 4 members (excludes halogenated alkanes) is 12. The van der Waals surface area contributed by atoms with Crippen LogP contribution in [-0.4, -0.2) is 88.2 Å². The molecule has 0 heterocycles. The van der Waals surface area contributed by atoms with Gasteiger partial charge < -0.3 is 36.1 Å². The number of amides is 5. The minimum absolute atomic E-state index is 0. The third-order valence-electron chi connectivity index (χ3n) is 8.47. The normalized spacial score (nSPS) is 10.1. The minimum atomic E-state index is -0.399. The molecule has 57 heavy (non-hydrogen) atoms. The first kappa shape index (κ1) is 60.9. The number of nitrogens with one attached hydrogen (secondary N) is 5. The summed E-state index contributed by atoms with van der Waals surface area (Å²) < 4.78 is 11.5. The number of carbonyl (C=O) groups is 5. The molecule has 0 aromatic rings. The van der Waals surface area contributed by atoms with Crippen LogP contribution in [0.15, 0.2) is 0 Å². The maximum Gasteiger partial charge on any atom is 0.222 e. The van der Waals surface area contributed by atoms with E-state index in [-0.39, 0.29) is 75.9 Å². The van der Waals surface area contributed by atoms with Crippen LogP contribution in [-0.2, 0) is 33.4 Å². The van der Waals surface area contributed by atoms with E-state index >= 15 is 0 Å². The van der Waals surface area contributed by atoms with Crippen LogP contribution in [0.2, 0.25) is 0 Å². The lowest BCUT2D eigenvalue weighted by molar-refractivity contribution is -0.125. The second-order valence-corrected chi connectivity index (χ2v) is 13.5. The lowest BCUT2D eigenvalue weighted by Gasteiger charge is -2.19. The van der Waals surface area contributed by atoms with E-state index < -0.39 is 6.04 Å². The van der Waals surface area contributed by atoms with Crippen LogP contribution < -0.4 is 26.6 Å². The molecular weight excluding hydrogens is 723 g/mol. The smallest absolute Gasteiger partial charge is 0.222 e. The Morgan fingerprint density at radius 3 is 1.04 bits per heavy atom. The molecule has 0 aromatic carbocycles. The summed E-state index contributed by atoms with van der Waals surface area (Å²) in [4.78, 5) is 60.7. The highest BCUT2D eigenvalue weighted by atomic mass is 16.5. The van der Waals surface area contributed by atoms with Crippen molar-refractivity contribution >= 4 is 29.5 Å². The largest absolute Gasteiger partial charge is 0.379 e. The van der Waals surface area contributed by atoms with Gasteiger partial charge in [-0.2, -0.15) is 0 Å². The van der Waals surface area contributed by atoms with Gasteiger partial charge in [0.15, 0.2) is 0 Å². The van der Waals surface area contributed by atoms with Gasteiger partial charge >= 0.3 is 0 Å². The summed E-state index contributed by atoms with van der Waals surface area (Å²) in [6.45, 7) is 21.2. The first-order chi connectivity index (χ1) is 27.8. The highest BCUT2D eigenvalue weighted by Gasteiger charge is 2.14. The molecule has 0 aliphatic rings. The molecule has 5 amide bonds. The van der Waals surface area contributed by atoms with Crippen molar-refractivity contribution in [1.82, 2.24) is 26.6 Å². The predicted molar refractivity (Wildman–Crippen MR) is 249 cm³/mol. The molecule has 0 atom stereocenters. The third-order valence-corrected chi connectivity index (χ3v) is 8.47. The Morgan fingerprint density at radius 2 is 0.667 bits per heavy atom. The Morgan fingerprint density at radius 1 is 0.386 bits per heavy atom. The van der Waals surface area contributed by atoms with Gasteiger partial charge in [0.25, 0.3) is 0 Å². The topological polar surface area (TPSA) is 164 Å². The van der Waals surface area contributed by atoms with Gasteiger partial charge in [-0.15, -0.1) is 0 Å². The first-order valence-electron chi connectivity index (χ1n) is 23.3. The Balaban J connectivity index is -0.000000348. The summed E-state index contributed by atoms with van der Waals surface area (Å²) >= 11 is 0. The lowest BCUT2D eigenvalue weighted by atomic mass is 10.1. The monoisotopic (exact) mass is 826 g/mol. The van der Waals surface area contributed by atoms with Crippen molar-refractivity contribution in [2.75, 3.05) is 52.6 Å². The SMILES string of the molecule is CC.CC.CC.CCCCCCCCCCCC(=O)NC(COCCC(=O)NCCCNC(=O)CCCCC)COCCC(=O)NCCCNC(=O)CCCCC.[HH].[HH].[HH].[HH].[HH]. The maximum absolute atomic E-state index is 12.7. The van der Waals surface area contributed by atoms with Gasteiger partial charge in [-0.3, -0.25) is 24.0 Å². The van der Waals surface area contributed by atoms with Crippen LogP contribution >= 0.6 is 0 Å². The average molecular weight is 826 g/mol. The van der Waals surface area contributed by atoms with Crippen LogP contribution in [0, 0.1) is 0 Å². The fourth-order valence-electron chi connectivity index (χ4n) is 5.32. The van der Waals surface area contributed by atoms with E-state index in [2.05, 4.69) is 47.4 Å². The fourth-order valence-corrected chi connectivity index (χ4v) is 5.32. The molecule has 12 heteroatoms. The predicted octanol–water partition coefficient (Wildman–Crippen LogP) is 9.92. The molecule has 0 aromatic heterocycles. The zero-order valence-electron chi connectivity index (χ0n) is 38.6.